The lowest BCUT2D eigenvalue weighted by atomic mass is 10.1. The zero-order valence-corrected chi connectivity index (χ0v) is 21.7. The van der Waals surface area contributed by atoms with Crippen LogP contribution in [-0.2, 0) is 14.8 Å². The van der Waals surface area contributed by atoms with Crippen LogP contribution in [0, 0.1) is 6.92 Å². The zero-order chi connectivity index (χ0) is 26.1. The van der Waals surface area contributed by atoms with Gasteiger partial charge in [0.25, 0.3) is 10.0 Å². The van der Waals surface area contributed by atoms with Crippen molar-refractivity contribution in [3.63, 3.8) is 0 Å². The highest BCUT2D eigenvalue weighted by atomic mass is 32.2. The molecule has 36 heavy (non-hydrogen) atoms. The number of para-hydroxylation sites is 1. The van der Waals surface area contributed by atoms with Gasteiger partial charge in [0, 0.05) is 12.7 Å². The van der Waals surface area contributed by atoms with Crippen LogP contribution < -0.4 is 19.1 Å². The number of benzene rings is 2. The van der Waals surface area contributed by atoms with Crippen LogP contribution in [-0.4, -0.2) is 63.3 Å². The van der Waals surface area contributed by atoms with E-state index in [4.69, 9.17) is 14.2 Å². The van der Waals surface area contributed by atoms with Crippen LogP contribution in [0.15, 0.2) is 59.8 Å². The summed E-state index contributed by atoms with van der Waals surface area (Å²) in [7, 11) is -2.80. The molecule has 10 nitrogen and oxygen atoms in total. The van der Waals surface area contributed by atoms with E-state index in [1.807, 2.05) is 19.9 Å². The lowest BCUT2D eigenvalue weighted by Gasteiger charge is -2.30. The molecule has 2 aromatic carbocycles. The molecule has 1 atom stereocenters. The molecule has 194 valence electrons. The molecule has 0 amide bonds. The molecule has 1 heterocycles. The maximum absolute atomic E-state index is 14.1. The Morgan fingerprint density at radius 2 is 1.89 bits per heavy atom. The number of ether oxygens (including phenoxy) is 3. The molecule has 3 rings (SSSR count). The van der Waals surface area contributed by atoms with Crippen LogP contribution in [0.2, 0.25) is 0 Å². The van der Waals surface area contributed by atoms with E-state index in [-0.39, 0.29) is 29.5 Å². The molecule has 2 N–H and O–H groups in total. The van der Waals surface area contributed by atoms with E-state index in [1.165, 1.54) is 25.6 Å². The highest BCUT2D eigenvalue weighted by molar-refractivity contribution is 7.93. The van der Waals surface area contributed by atoms with Gasteiger partial charge in [-0.3, -0.25) is 4.31 Å². The van der Waals surface area contributed by atoms with Gasteiger partial charge in [0.1, 0.15) is 16.4 Å². The van der Waals surface area contributed by atoms with Crippen molar-refractivity contribution in [2.75, 3.05) is 43.1 Å². The van der Waals surface area contributed by atoms with Crippen LogP contribution in [0.1, 0.15) is 19.4 Å². The number of anilines is 3. The summed E-state index contributed by atoms with van der Waals surface area (Å²) in [4.78, 5) is -0.0351. The van der Waals surface area contributed by atoms with E-state index in [0.29, 0.717) is 30.3 Å². The molecule has 1 unspecified atom stereocenters. The first-order chi connectivity index (χ1) is 17.3. The predicted molar refractivity (Wildman–Crippen MR) is 138 cm³/mol. The molecule has 0 radical (unpaired) electrons. The third-order valence-corrected chi connectivity index (χ3v) is 7.07. The summed E-state index contributed by atoms with van der Waals surface area (Å²) in [6, 6.07) is 11.5. The molecule has 3 aromatic rings. The largest absolute Gasteiger partial charge is 0.495 e. The van der Waals surface area contributed by atoms with Gasteiger partial charge < -0.3 is 24.6 Å². The fourth-order valence-corrected chi connectivity index (χ4v) is 5.29. The Balaban J connectivity index is 2.22. The Morgan fingerprint density at radius 3 is 2.56 bits per heavy atom. The highest BCUT2D eigenvalue weighted by Crippen LogP contribution is 2.40. The Bertz CT molecular complexity index is 1240. The normalized spacial score (nSPS) is 12.1. The van der Waals surface area contributed by atoms with Crippen LogP contribution in [0.3, 0.4) is 0 Å². The Kier molecular flexibility index (Phi) is 9.45. The summed E-state index contributed by atoms with van der Waals surface area (Å²) < 4.78 is 45.8. The molecule has 0 fully saturated rings. The molecular weight excluding hydrogens is 484 g/mol. The Labute approximate surface area is 211 Å². The standard InChI is InChI=1S/C25H32N4O6S/c1-5-34-17-20(30)16-29(36(31,32)24-10-8-7-9-23(24)33-4)22-14-21(35-6-2)13-18(3)25(22)28-19-11-12-26-27-15-19/h7-15,20,30H,5-6,16-17H2,1-4H3,(H,26,28). The Morgan fingerprint density at radius 1 is 1.11 bits per heavy atom. The van der Waals surface area contributed by atoms with Gasteiger partial charge in [-0.25, -0.2) is 8.42 Å². The first-order valence-electron chi connectivity index (χ1n) is 11.5. The smallest absolute Gasteiger partial charge is 0.268 e. The van der Waals surface area contributed by atoms with Crippen molar-refractivity contribution < 1.29 is 27.7 Å². The summed E-state index contributed by atoms with van der Waals surface area (Å²) in [5, 5.41) is 21.7. The number of nitrogens with one attached hydrogen (secondary N) is 1. The van der Waals surface area contributed by atoms with Crippen molar-refractivity contribution in [1.29, 1.82) is 0 Å². The van der Waals surface area contributed by atoms with E-state index in [1.54, 1.807) is 37.3 Å². The minimum atomic E-state index is -4.21. The fourth-order valence-electron chi connectivity index (χ4n) is 3.63. The minimum Gasteiger partial charge on any atom is -0.495 e. The number of rotatable bonds is 13. The third-order valence-electron chi connectivity index (χ3n) is 5.25. The van der Waals surface area contributed by atoms with E-state index < -0.39 is 16.1 Å². The quantitative estimate of drug-likeness (QED) is 0.351. The summed E-state index contributed by atoms with van der Waals surface area (Å²) in [5.41, 5.74) is 2.14. The van der Waals surface area contributed by atoms with Gasteiger partial charge in [-0.1, -0.05) is 12.1 Å². The van der Waals surface area contributed by atoms with Crippen LogP contribution >= 0.6 is 0 Å². The van der Waals surface area contributed by atoms with Crippen molar-refractivity contribution >= 4 is 27.1 Å². The van der Waals surface area contributed by atoms with Crippen molar-refractivity contribution in [2.45, 2.75) is 31.8 Å². The van der Waals surface area contributed by atoms with Gasteiger partial charge in [-0.05, 0) is 50.6 Å². The molecule has 0 aliphatic rings. The number of sulfonamides is 1. The van der Waals surface area contributed by atoms with Crippen molar-refractivity contribution in [3.05, 3.63) is 60.4 Å². The summed E-state index contributed by atoms with van der Waals surface area (Å²) >= 11 is 0. The van der Waals surface area contributed by atoms with Crippen molar-refractivity contribution in [3.8, 4) is 11.5 Å². The van der Waals surface area contributed by atoms with Gasteiger partial charge in [-0.15, -0.1) is 0 Å². The third kappa shape index (κ3) is 6.42. The average molecular weight is 517 g/mol. The number of aryl methyl sites for hydroxylation is 1. The highest BCUT2D eigenvalue weighted by Gasteiger charge is 2.32. The second-order valence-corrected chi connectivity index (χ2v) is 9.65. The number of aromatic nitrogens is 2. The number of aliphatic hydroxyl groups is 1. The van der Waals surface area contributed by atoms with Gasteiger partial charge in [0.15, 0.2) is 0 Å². The molecule has 0 aliphatic carbocycles. The molecule has 11 heteroatoms. The second kappa shape index (κ2) is 12.5. The van der Waals surface area contributed by atoms with Crippen molar-refractivity contribution in [1.82, 2.24) is 10.2 Å². The summed E-state index contributed by atoms with van der Waals surface area (Å²) in [5.74, 6) is 0.676. The Hall–Kier alpha value is -3.41. The first kappa shape index (κ1) is 27.2. The first-order valence-corrected chi connectivity index (χ1v) is 13.0. The van der Waals surface area contributed by atoms with E-state index in [2.05, 4.69) is 15.5 Å². The predicted octanol–water partition coefficient (Wildman–Crippen LogP) is 3.53. The SMILES string of the molecule is CCOCC(O)CN(c1cc(OCC)cc(C)c1Nc1ccnnc1)S(=O)(=O)c1ccccc1OC. The molecule has 0 aliphatic heterocycles. The lowest BCUT2D eigenvalue weighted by Crippen LogP contribution is -2.40. The number of nitrogens with zero attached hydrogens (tertiary/aromatic N) is 3. The number of hydrogen-bond donors (Lipinski definition) is 2. The fraction of sp³-hybridized carbons (Fsp3) is 0.360. The number of hydrogen-bond acceptors (Lipinski definition) is 9. The monoisotopic (exact) mass is 516 g/mol. The van der Waals surface area contributed by atoms with Gasteiger partial charge in [-0.2, -0.15) is 10.2 Å². The van der Waals surface area contributed by atoms with Gasteiger partial charge in [0.05, 0.1) is 62.4 Å². The van der Waals surface area contributed by atoms with Gasteiger partial charge >= 0.3 is 0 Å². The molecule has 0 bridgehead atoms. The summed E-state index contributed by atoms with van der Waals surface area (Å²) in [6.45, 7) is 5.97. The second-order valence-electron chi connectivity index (χ2n) is 7.82. The number of aliphatic hydroxyl groups excluding tert-OH is 1. The van der Waals surface area contributed by atoms with Gasteiger partial charge in [0.2, 0.25) is 0 Å². The zero-order valence-electron chi connectivity index (χ0n) is 20.8. The molecule has 0 saturated carbocycles. The minimum absolute atomic E-state index is 0.0321. The molecule has 1 aromatic heterocycles. The maximum atomic E-state index is 14.1. The van der Waals surface area contributed by atoms with Crippen molar-refractivity contribution in [2.24, 2.45) is 0 Å². The maximum Gasteiger partial charge on any atom is 0.268 e. The van der Waals surface area contributed by atoms with E-state index in [0.717, 1.165) is 9.87 Å². The number of methoxy groups -OCH3 is 1. The van der Waals surface area contributed by atoms with E-state index in [9.17, 15) is 13.5 Å². The van der Waals surface area contributed by atoms with Crippen LogP contribution in [0.25, 0.3) is 0 Å². The lowest BCUT2D eigenvalue weighted by molar-refractivity contribution is 0.0480. The van der Waals surface area contributed by atoms with Crippen LogP contribution in [0.5, 0.6) is 11.5 Å². The van der Waals surface area contributed by atoms with E-state index >= 15 is 0 Å². The topological polar surface area (TPSA) is 123 Å². The molecule has 0 saturated heterocycles. The average Bonchev–Trinajstić information content (AvgIpc) is 2.88. The summed E-state index contributed by atoms with van der Waals surface area (Å²) in [6.07, 6.45) is 1.96. The van der Waals surface area contributed by atoms with Crippen LogP contribution in [0.4, 0.5) is 17.1 Å². The molecule has 0 spiro atoms. The molecular formula is C25H32N4O6S.